The molecule has 0 aromatic heterocycles. The quantitative estimate of drug-likeness (QED) is 0.764. The van der Waals surface area contributed by atoms with E-state index in [1.807, 2.05) is 0 Å². The van der Waals surface area contributed by atoms with Gasteiger partial charge in [0.05, 0.1) is 12.1 Å². The lowest BCUT2D eigenvalue weighted by molar-refractivity contribution is -0.150. The van der Waals surface area contributed by atoms with Crippen LogP contribution in [0.1, 0.15) is 5.56 Å². The topological polar surface area (TPSA) is 66.8 Å². The van der Waals surface area contributed by atoms with Crippen molar-refractivity contribution in [1.82, 2.24) is 0 Å². The van der Waals surface area contributed by atoms with E-state index < -0.39 is 12.1 Å². The Kier molecular flexibility index (Phi) is 3.94. The largest absolute Gasteiger partial charge is 0.506 e. The summed E-state index contributed by atoms with van der Waals surface area (Å²) in [6.45, 7) is 0. The molecule has 5 heteroatoms. The van der Waals surface area contributed by atoms with E-state index in [1.165, 1.54) is 19.2 Å². The maximum absolute atomic E-state index is 10.9. The number of ether oxygens (including phenoxy) is 1. The average Bonchev–Trinajstić information content (AvgIpc) is 2.22. The van der Waals surface area contributed by atoms with Crippen molar-refractivity contribution in [3.63, 3.8) is 0 Å². The van der Waals surface area contributed by atoms with E-state index in [0.717, 1.165) is 0 Å². The molecule has 0 saturated carbocycles. The van der Waals surface area contributed by atoms with Crippen LogP contribution in [0.15, 0.2) is 18.2 Å². The lowest BCUT2D eigenvalue weighted by atomic mass is 10.1. The number of hydrogen-bond donors (Lipinski definition) is 2. The summed E-state index contributed by atoms with van der Waals surface area (Å²) in [6.07, 6.45) is -1.11. The molecule has 0 amide bonds. The third-order valence-electron chi connectivity index (χ3n) is 1.91. The molecule has 15 heavy (non-hydrogen) atoms. The molecule has 2 N–H and O–H groups in total. The minimum absolute atomic E-state index is 0.0343. The number of carbonyl (C=O) groups is 1. The molecule has 1 aromatic rings. The first-order valence-electron chi connectivity index (χ1n) is 4.28. The number of hydrogen-bond acceptors (Lipinski definition) is 4. The first-order chi connectivity index (χ1) is 7.04. The number of phenolic OH excluding ortho intramolecular Hbond substituents is 1. The number of rotatable bonds is 3. The van der Waals surface area contributed by atoms with Gasteiger partial charge in [-0.1, -0.05) is 17.7 Å². The van der Waals surface area contributed by atoms with Gasteiger partial charge in [0.1, 0.15) is 5.75 Å². The van der Waals surface area contributed by atoms with Crippen molar-refractivity contribution in [2.24, 2.45) is 0 Å². The third-order valence-corrected chi connectivity index (χ3v) is 2.22. The van der Waals surface area contributed by atoms with Crippen molar-refractivity contribution >= 4 is 17.6 Å². The number of aliphatic hydroxyl groups excluding tert-OH is 1. The van der Waals surface area contributed by atoms with Crippen molar-refractivity contribution in [3.05, 3.63) is 28.8 Å². The lowest BCUT2D eigenvalue weighted by Gasteiger charge is -2.08. The maximum atomic E-state index is 10.9. The molecular weight excluding hydrogens is 220 g/mol. The molecule has 4 nitrogen and oxygen atoms in total. The van der Waals surface area contributed by atoms with Gasteiger partial charge in [0, 0.05) is 6.42 Å². The number of phenols is 1. The number of halogens is 1. The van der Waals surface area contributed by atoms with Crippen LogP contribution in [0.25, 0.3) is 0 Å². The minimum atomic E-state index is -1.21. The summed E-state index contributed by atoms with van der Waals surface area (Å²) in [5.41, 5.74) is 0.649. The number of benzene rings is 1. The van der Waals surface area contributed by atoms with Crippen molar-refractivity contribution < 1.29 is 19.7 Å². The standard InChI is InChI=1S/C10H11ClO4/c1-15-10(14)9(13)5-6-2-3-8(12)7(11)4-6/h2-4,9,12-13H,5H2,1H3. The summed E-state index contributed by atoms with van der Waals surface area (Å²) < 4.78 is 4.37. The summed E-state index contributed by atoms with van der Waals surface area (Å²) in [4.78, 5) is 10.9. The van der Waals surface area contributed by atoms with E-state index in [2.05, 4.69) is 4.74 Å². The highest BCUT2D eigenvalue weighted by Crippen LogP contribution is 2.24. The Hall–Kier alpha value is -1.26. The smallest absolute Gasteiger partial charge is 0.335 e. The first-order valence-corrected chi connectivity index (χ1v) is 4.65. The number of aliphatic hydroxyl groups is 1. The second-order valence-electron chi connectivity index (χ2n) is 3.03. The molecule has 0 spiro atoms. The van der Waals surface area contributed by atoms with Gasteiger partial charge in [0.15, 0.2) is 6.10 Å². The molecule has 1 atom stereocenters. The van der Waals surface area contributed by atoms with Crippen molar-refractivity contribution in [2.45, 2.75) is 12.5 Å². The van der Waals surface area contributed by atoms with Crippen LogP contribution in [0, 0.1) is 0 Å². The fraction of sp³-hybridized carbons (Fsp3) is 0.300. The third kappa shape index (κ3) is 3.11. The predicted octanol–water partition coefficient (Wildman–Crippen LogP) is 1.12. The van der Waals surface area contributed by atoms with Gasteiger partial charge < -0.3 is 14.9 Å². The molecule has 0 saturated heterocycles. The Morgan fingerprint density at radius 3 is 2.80 bits per heavy atom. The zero-order valence-corrected chi connectivity index (χ0v) is 8.86. The number of aromatic hydroxyl groups is 1. The zero-order chi connectivity index (χ0) is 11.4. The minimum Gasteiger partial charge on any atom is -0.506 e. The summed E-state index contributed by atoms with van der Waals surface area (Å²) in [5, 5.41) is 18.7. The van der Waals surface area contributed by atoms with Crippen LogP contribution in [0.5, 0.6) is 5.75 Å². The van der Waals surface area contributed by atoms with Crippen LogP contribution in [-0.4, -0.2) is 29.4 Å². The molecule has 0 bridgehead atoms. The second kappa shape index (κ2) is 5.00. The Morgan fingerprint density at radius 2 is 2.27 bits per heavy atom. The van der Waals surface area contributed by atoms with Crippen LogP contribution < -0.4 is 0 Å². The maximum Gasteiger partial charge on any atom is 0.335 e. The molecule has 0 aliphatic carbocycles. The van der Waals surface area contributed by atoms with Crippen molar-refractivity contribution in [2.75, 3.05) is 7.11 Å². The van der Waals surface area contributed by atoms with Crippen molar-refractivity contribution in [1.29, 1.82) is 0 Å². The fourth-order valence-electron chi connectivity index (χ4n) is 1.12. The van der Waals surface area contributed by atoms with E-state index in [1.54, 1.807) is 6.07 Å². The first kappa shape index (κ1) is 11.8. The fourth-order valence-corrected chi connectivity index (χ4v) is 1.32. The van der Waals surface area contributed by atoms with Gasteiger partial charge in [-0.15, -0.1) is 0 Å². The molecule has 0 aliphatic heterocycles. The van der Waals surface area contributed by atoms with Gasteiger partial charge in [0.25, 0.3) is 0 Å². The molecular formula is C10H11ClO4. The summed E-state index contributed by atoms with van der Waals surface area (Å²) >= 11 is 5.66. The Balaban J connectivity index is 2.73. The normalized spacial score (nSPS) is 12.2. The SMILES string of the molecule is COC(=O)C(O)Cc1ccc(O)c(Cl)c1. The molecule has 1 unspecified atom stereocenters. The van der Waals surface area contributed by atoms with Gasteiger partial charge in [-0.05, 0) is 17.7 Å². The van der Waals surface area contributed by atoms with Gasteiger partial charge in [0.2, 0.25) is 0 Å². The molecule has 1 rings (SSSR count). The Bertz CT molecular complexity index is 364. The number of esters is 1. The number of methoxy groups -OCH3 is 1. The molecule has 82 valence electrons. The van der Waals surface area contributed by atoms with Crippen LogP contribution in [-0.2, 0) is 16.0 Å². The highest BCUT2D eigenvalue weighted by Gasteiger charge is 2.16. The molecule has 0 fully saturated rings. The average molecular weight is 231 g/mol. The highest BCUT2D eigenvalue weighted by atomic mass is 35.5. The van der Waals surface area contributed by atoms with Crippen LogP contribution in [0.3, 0.4) is 0 Å². The van der Waals surface area contributed by atoms with Crippen molar-refractivity contribution in [3.8, 4) is 5.75 Å². The summed E-state index contributed by atoms with van der Waals surface area (Å²) in [7, 11) is 1.20. The van der Waals surface area contributed by atoms with E-state index in [4.69, 9.17) is 16.7 Å². The Labute approximate surface area is 92.1 Å². The van der Waals surface area contributed by atoms with Crippen LogP contribution in [0.2, 0.25) is 5.02 Å². The predicted molar refractivity (Wildman–Crippen MR) is 54.8 cm³/mol. The Morgan fingerprint density at radius 1 is 1.60 bits per heavy atom. The highest BCUT2D eigenvalue weighted by molar-refractivity contribution is 6.32. The van der Waals surface area contributed by atoms with Crippen LogP contribution in [0.4, 0.5) is 0 Å². The molecule has 1 aromatic carbocycles. The van der Waals surface area contributed by atoms with Gasteiger partial charge in [-0.2, -0.15) is 0 Å². The van der Waals surface area contributed by atoms with E-state index in [-0.39, 0.29) is 17.2 Å². The second-order valence-corrected chi connectivity index (χ2v) is 3.44. The molecule has 0 heterocycles. The van der Waals surface area contributed by atoms with E-state index in [9.17, 15) is 9.90 Å². The van der Waals surface area contributed by atoms with E-state index >= 15 is 0 Å². The molecule has 0 aliphatic rings. The molecule has 0 radical (unpaired) electrons. The lowest BCUT2D eigenvalue weighted by Crippen LogP contribution is -2.24. The zero-order valence-electron chi connectivity index (χ0n) is 8.11. The summed E-state index contributed by atoms with van der Waals surface area (Å²) in [6, 6.07) is 4.47. The monoisotopic (exact) mass is 230 g/mol. The van der Waals surface area contributed by atoms with Gasteiger partial charge >= 0.3 is 5.97 Å². The van der Waals surface area contributed by atoms with Gasteiger partial charge in [-0.25, -0.2) is 4.79 Å². The summed E-state index contributed by atoms with van der Waals surface area (Å²) in [5.74, 6) is -0.729. The van der Waals surface area contributed by atoms with Gasteiger partial charge in [-0.3, -0.25) is 0 Å². The van der Waals surface area contributed by atoms with E-state index in [0.29, 0.717) is 5.56 Å². The van der Waals surface area contributed by atoms with Crippen LogP contribution >= 0.6 is 11.6 Å². The number of carbonyl (C=O) groups excluding carboxylic acids is 1.